The summed E-state index contributed by atoms with van der Waals surface area (Å²) in [6.07, 6.45) is 3.02. The Hall–Kier alpha value is -3.20. The van der Waals surface area contributed by atoms with Crippen molar-refractivity contribution in [1.29, 1.82) is 0 Å². The molecule has 1 aliphatic rings. The van der Waals surface area contributed by atoms with Crippen molar-refractivity contribution >= 4 is 24.7 Å². The van der Waals surface area contributed by atoms with Crippen molar-refractivity contribution in [2.75, 3.05) is 43.9 Å². The van der Waals surface area contributed by atoms with Crippen LogP contribution in [0.3, 0.4) is 0 Å². The van der Waals surface area contributed by atoms with Crippen LogP contribution in [-0.2, 0) is 22.6 Å². The molecule has 1 aromatic heterocycles. The predicted octanol–water partition coefficient (Wildman–Crippen LogP) is 1.72. The number of carbonyl (C=O) groups is 2. The maximum Gasteiger partial charge on any atom is 0.290 e. The van der Waals surface area contributed by atoms with Gasteiger partial charge >= 0.3 is 0 Å². The van der Waals surface area contributed by atoms with E-state index in [0.717, 1.165) is 44.0 Å². The summed E-state index contributed by atoms with van der Waals surface area (Å²) in [6.45, 7) is 5.55. The molecule has 0 saturated heterocycles. The Morgan fingerprint density at radius 2 is 1.79 bits per heavy atom. The average Bonchev–Trinajstić information content (AvgIpc) is 2.70. The van der Waals surface area contributed by atoms with Crippen molar-refractivity contribution in [3.63, 3.8) is 0 Å². The standard InChI is InChI=1S/C18H25N5.2CH2O2/c1-14-12-20-18(21-17(14)22(2)3)19-9-11-23-10-8-15-6-4-5-7-16(15)13-23;2*2-1-3/h4-7,12H,8-11,13H2,1-3H3,(H,19,20,21);2*1H,(H,2,3). The van der Waals surface area contributed by atoms with Gasteiger partial charge in [0, 0.05) is 52.0 Å². The van der Waals surface area contributed by atoms with Gasteiger partial charge in [-0.3, -0.25) is 14.5 Å². The molecule has 2 aromatic rings. The molecule has 0 radical (unpaired) electrons. The summed E-state index contributed by atoms with van der Waals surface area (Å²) < 4.78 is 0. The van der Waals surface area contributed by atoms with Crippen molar-refractivity contribution in [2.24, 2.45) is 0 Å². The molecular formula is C20H29N5O4. The second kappa shape index (κ2) is 13.1. The SMILES string of the molecule is Cc1cnc(NCCN2CCc3ccccc3C2)nc1N(C)C.O=CO.O=CO. The lowest BCUT2D eigenvalue weighted by Gasteiger charge is -2.28. The number of nitrogens with one attached hydrogen (secondary N) is 1. The van der Waals surface area contributed by atoms with Crippen molar-refractivity contribution in [2.45, 2.75) is 19.9 Å². The molecule has 0 aliphatic carbocycles. The van der Waals surface area contributed by atoms with Crippen molar-refractivity contribution in [3.05, 3.63) is 47.2 Å². The lowest BCUT2D eigenvalue weighted by atomic mass is 10.00. The average molecular weight is 403 g/mol. The second-order valence-corrected chi connectivity index (χ2v) is 6.53. The molecule has 1 aliphatic heterocycles. The zero-order valence-corrected chi connectivity index (χ0v) is 17.1. The van der Waals surface area contributed by atoms with Crippen LogP contribution in [0.1, 0.15) is 16.7 Å². The number of nitrogens with zero attached hydrogens (tertiary/aromatic N) is 4. The minimum Gasteiger partial charge on any atom is -0.483 e. The van der Waals surface area contributed by atoms with E-state index in [1.54, 1.807) is 0 Å². The van der Waals surface area contributed by atoms with Crippen LogP contribution in [0, 0.1) is 6.92 Å². The van der Waals surface area contributed by atoms with Crippen molar-refractivity contribution < 1.29 is 19.8 Å². The van der Waals surface area contributed by atoms with Gasteiger partial charge in [-0.05, 0) is 24.5 Å². The molecular weight excluding hydrogens is 374 g/mol. The first-order valence-electron chi connectivity index (χ1n) is 9.16. The molecule has 3 rings (SSSR count). The number of hydrogen-bond acceptors (Lipinski definition) is 7. The fourth-order valence-electron chi connectivity index (χ4n) is 3.04. The third-order valence-electron chi connectivity index (χ3n) is 4.29. The van der Waals surface area contributed by atoms with Crippen molar-refractivity contribution in [1.82, 2.24) is 14.9 Å². The Labute approximate surface area is 171 Å². The summed E-state index contributed by atoms with van der Waals surface area (Å²) >= 11 is 0. The highest BCUT2D eigenvalue weighted by molar-refractivity contribution is 5.47. The molecule has 0 spiro atoms. The highest BCUT2D eigenvalue weighted by Gasteiger charge is 2.15. The molecule has 0 amide bonds. The Balaban J connectivity index is 0.000000626. The third-order valence-corrected chi connectivity index (χ3v) is 4.29. The minimum atomic E-state index is -0.250. The fourth-order valence-corrected chi connectivity index (χ4v) is 3.04. The van der Waals surface area contributed by atoms with E-state index in [0.29, 0.717) is 5.95 Å². The molecule has 2 heterocycles. The molecule has 0 bridgehead atoms. The quantitative estimate of drug-likeness (QED) is 0.641. The summed E-state index contributed by atoms with van der Waals surface area (Å²) in [5.74, 6) is 1.67. The first-order chi connectivity index (χ1) is 14.0. The second-order valence-electron chi connectivity index (χ2n) is 6.53. The van der Waals surface area contributed by atoms with Gasteiger partial charge in [0.15, 0.2) is 0 Å². The number of carboxylic acid groups (broad SMARTS) is 2. The Kier molecular flexibility index (Phi) is 10.7. The van der Waals surface area contributed by atoms with Crippen LogP contribution in [0.4, 0.5) is 11.8 Å². The summed E-state index contributed by atoms with van der Waals surface area (Å²) in [5, 5.41) is 17.1. The minimum absolute atomic E-state index is 0.250. The van der Waals surface area contributed by atoms with Gasteiger partial charge in [-0.25, -0.2) is 4.98 Å². The van der Waals surface area contributed by atoms with Crippen LogP contribution in [0.25, 0.3) is 0 Å². The number of hydrogen-bond donors (Lipinski definition) is 3. The molecule has 3 N–H and O–H groups in total. The molecule has 0 fully saturated rings. The monoisotopic (exact) mass is 403 g/mol. The van der Waals surface area contributed by atoms with Gasteiger partial charge in [0.05, 0.1) is 0 Å². The molecule has 9 heteroatoms. The maximum atomic E-state index is 8.36. The summed E-state index contributed by atoms with van der Waals surface area (Å²) in [5.41, 5.74) is 4.04. The van der Waals surface area contributed by atoms with Gasteiger partial charge in [-0.1, -0.05) is 24.3 Å². The first kappa shape index (κ1) is 23.8. The highest BCUT2D eigenvalue weighted by Crippen LogP contribution is 2.18. The summed E-state index contributed by atoms with van der Waals surface area (Å²) in [6, 6.07) is 8.74. The molecule has 0 unspecified atom stereocenters. The van der Waals surface area contributed by atoms with Crippen LogP contribution in [-0.4, -0.2) is 71.8 Å². The predicted molar refractivity (Wildman–Crippen MR) is 112 cm³/mol. The first-order valence-corrected chi connectivity index (χ1v) is 9.16. The third kappa shape index (κ3) is 8.14. The number of rotatable bonds is 5. The van der Waals surface area contributed by atoms with Crippen LogP contribution in [0.5, 0.6) is 0 Å². The van der Waals surface area contributed by atoms with Crippen LogP contribution in [0.15, 0.2) is 30.5 Å². The van der Waals surface area contributed by atoms with Crippen LogP contribution >= 0.6 is 0 Å². The van der Waals surface area contributed by atoms with E-state index in [2.05, 4.69) is 44.5 Å². The zero-order valence-electron chi connectivity index (χ0n) is 17.1. The van der Waals surface area contributed by atoms with Crippen molar-refractivity contribution in [3.8, 4) is 0 Å². The van der Waals surface area contributed by atoms with Crippen LogP contribution < -0.4 is 10.2 Å². The largest absolute Gasteiger partial charge is 0.483 e. The molecule has 158 valence electrons. The number of anilines is 2. The van der Waals surface area contributed by atoms with E-state index in [9.17, 15) is 0 Å². The lowest BCUT2D eigenvalue weighted by molar-refractivity contribution is -0.123. The number of aromatic nitrogens is 2. The fraction of sp³-hybridized carbons (Fsp3) is 0.400. The Morgan fingerprint density at radius 1 is 1.17 bits per heavy atom. The van der Waals surface area contributed by atoms with E-state index < -0.39 is 0 Å². The van der Waals surface area contributed by atoms with Crippen LogP contribution in [0.2, 0.25) is 0 Å². The highest BCUT2D eigenvalue weighted by atomic mass is 16.3. The zero-order chi connectivity index (χ0) is 21.6. The van der Waals surface area contributed by atoms with E-state index >= 15 is 0 Å². The molecule has 0 saturated carbocycles. The van der Waals surface area contributed by atoms with E-state index in [-0.39, 0.29) is 12.9 Å². The van der Waals surface area contributed by atoms with Gasteiger partial charge in [0.1, 0.15) is 5.82 Å². The smallest absolute Gasteiger partial charge is 0.290 e. The van der Waals surface area contributed by atoms with Gasteiger partial charge < -0.3 is 20.4 Å². The molecule has 1 aromatic carbocycles. The van der Waals surface area contributed by atoms with Gasteiger partial charge in [-0.2, -0.15) is 4.98 Å². The van der Waals surface area contributed by atoms with Gasteiger partial charge in [0.25, 0.3) is 12.9 Å². The van der Waals surface area contributed by atoms with E-state index in [1.807, 2.05) is 32.1 Å². The number of benzene rings is 1. The maximum absolute atomic E-state index is 8.36. The van der Waals surface area contributed by atoms with Gasteiger partial charge in [-0.15, -0.1) is 0 Å². The lowest BCUT2D eigenvalue weighted by Crippen LogP contribution is -2.34. The molecule has 0 atom stereocenters. The Morgan fingerprint density at radius 3 is 2.41 bits per heavy atom. The van der Waals surface area contributed by atoms with E-state index in [4.69, 9.17) is 19.8 Å². The van der Waals surface area contributed by atoms with E-state index in [1.165, 1.54) is 11.1 Å². The summed E-state index contributed by atoms with van der Waals surface area (Å²) in [7, 11) is 4.01. The number of aryl methyl sites for hydroxylation is 1. The number of fused-ring (bicyclic) bond motifs is 1. The summed E-state index contributed by atoms with van der Waals surface area (Å²) in [4.78, 5) is 30.2. The topological polar surface area (TPSA) is 119 Å². The van der Waals surface area contributed by atoms with Gasteiger partial charge in [0.2, 0.25) is 5.95 Å². The normalized spacial score (nSPS) is 12.2. The molecule has 9 nitrogen and oxygen atoms in total. The molecule has 29 heavy (non-hydrogen) atoms. The Bertz CT molecular complexity index is 764.